The maximum atomic E-state index is 12.1. The number of carbonyl (C=O) groups is 2. The van der Waals surface area contributed by atoms with Gasteiger partial charge in [0.15, 0.2) is 0 Å². The molecule has 176 valence electrons. The zero-order valence-electron chi connectivity index (χ0n) is 22.0. The van der Waals surface area contributed by atoms with Crippen molar-refractivity contribution < 1.29 is 19.1 Å². The maximum Gasteiger partial charge on any atom is 0.330 e. The molecule has 0 aromatic rings. The first-order chi connectivity index (χ1) is 13.1. The molecule has 0 bridgehead atoms. The molecule has 0 aromatic heterocycles. The van der Waals surface area contributed by atoms with Crippen LogP contribution in [0, 0.1) is 0 Å². The van der Waals surface area contributed by atoms with Crippen molar-refractivity contribution >= 4 is 44.2 Å². The van der Waals surface area contributed by atoms with E-state index < -0.39 is 32.3 Å². The fourth-order valence-corrected chi connectivity index (χ4v) is 23.4. The molecule has 0 spiro atoms. The van der Waals surface area contributed by atoms with Crippen LogP contribution < -0.4 is 0 Å². The summed E-state index contributed by atoms with van der Waals surface area (Å²) < 4.78 is 11.1. The minimum absolute atomic E-state index is 0.240. The van der Waals surface area contributed by atoms with Crippen molar-refractivity contribution in [2.45, 2.75) is 95.9 Å². The Bertz CT molecular complexity index is 589. The second kappa shape index (κ2) is 11.2. The molecule has 1 unspecified atom stereocenters. The third kappa shape index (κ3) is 9.61. The van der Waals surface area contributed by atoms with Crippen LogP contribution >= 0.6 is 0 Å². The lowest BCUT2D eigenvalue weighted by Crippen LogP contribution is -2.73. The molecule has 0 amide bonds. The van der Waals surface area contributed by atoms with Gasteiger partial charge in [-0.05, 0) is 5.54 Å². The highest BCUT2D eigenvalue weighted by Gasteiger charge is 2.61. The van der Waals surface area contributed by atoms with Crippen LogP contribution in [0.15, 0.2) is 25.3 Å². The Morgan fingerprint density at radius 3 is 1.40 bits per heavy atom. The molecule has 0 N–H and O–H groups in total. The summed E-state index contributed by atoms with van der Waals surface area (Å²) in [6.45, 7) is 36.9. The van der Waals surface area contributed by atoms with Gasteiger partial charge >= 0.3 is 11.9 Å². The topological polar surface area (TPSA) is 52.6 Å². The Balaban J connectivity index is 0. The molecule has 0 aliphatic rings. The van der Waals surface area contributed by atoms with Crippen LogP contribution in [0.2, 0.25) is 84.1 Å². The molecule has 0 rings (SSSR count). The third-order valence-electron chi connectivity index (χ3n) is 5.38. The molecule has 0 fully saturated rings. The molecule has 4 nitrogen and oxygen atoms in total. The van der Waals surface area contributed by atoms with Crippen molar-refractivity contribution in [3.8, 4) is 0 Å². The quantitative estimate of drug-likeness (QED) is 0.210. The summed E-state index contributed by atoms with van der Waals surface area (Å²) in [4.78, 5) is 22.4. The van der Waals surface area contributed by atoms with E-state index in [-0.39, 0.29) is 16.8 Å². The van der Waals surface area contributed by atoms with Crippen molar-refractivity contribution in [2.75, 3.05) is 6.23 Å². The molecule has 0 heterocycles. The Labute approximate surface area is 190 Å². The van der Waals surface area contributed by atoms with Crippen molar-refractivity contribution in [3.63, 3.8) is 0 Å². The SMILES string of the molecule is C=CC(=O)OC(C(C)[Si](C)(C)C)([Si](C)(C)C)[Si](C)(C)C.C=CC(=O)OC[Si](C)(C)C. The Morgan fingerprint density at radius 2 is 1.17 bits per heavy atom. The number of carbonyl (C=O) groups excluding carboxylic acids is 2. The molecule has 0 aromatic carbocycles. The normalized spacial score (nSPS) is 14.0. The van der Waals surface area contributed by atoms with Crippen LogP contribution in [0.25, 0.3) is 0 Å². The molecule has 30 heavy (non-hydrogen) atoms. The van der Waals surface area contributed by atoms with Gasteiger partial charge in [0, 0.05) is 12.2 Å². The molecule has 0 aliphatic heterocycles. The van der Waals surface area contributed by atoms with Crippen molar-refractivity contribution in [1.82, 2.24) is 0 Å². The smallest absolute Gasteiger partial charge is 0.330 e. The molecule has 0 saturated heterocycles. The van der Waals surface area contributed by atoms with Gasteiger partial charge in [0.2, 0.25) is 0 Å². The van der Waals surface area contributed by atoms with Crippen LogP contribution in [-0.4, -0.2) is 55.3 Å². The van der Waals surface area contributed by atoms with Gasteiger partial charge in [-0.25, -0.2) is 9.59 Å². The molecular weight excluding hydrogens is 441 g/mol. The van der Waals surface area contributed by atoms with E-state index in [1.165, 1.54) is 12.2 Å². The average Bonchev–Trinajstić information content (AvgIpc) is 2.53. The highest BCUT2D eigenvalue weighted by atomic mass is 28.4. The highest BCUT2D eigenvalue weighted by molar-refractivity contribution is 7.01. The largest absolute Gasteiger partial charge is 0.466 e. The van der Waals surface area contributed by atoms with Crippen LogP contribution in [0.1, 0.15) is 6.92 Å². The maximum absolute atomic E-state index is 12.1. The minimum atomic E-state index is -1.72. The van der Waals surface area contributed by atoms with E-state index in [2.05, 4.69) is 98.6 Å². The first-order valence-corrected chi connectivity index (χ1v) is 25.0. The minimum Gasteiger partial charge on any atom is -0.466 e. The van der Waals surface area contributed by atoms with Gasteiger partial charge in [-0.1, -0.05) is 98.6 Å². The molecular formula is C22H48O4Si4. The summed E-state index contributed by atoms with van der Waals surface area (Å²) >= 11 is 0. The number of hydrogen-bond donors (Lipinski definition) is 0. The van der Waals surface area contributed by atoms with Gasteiger partial charge in [0.05, 0.1) is 43.4 Å². The lowest BCUT2D eigenvalue weighted by molar-refractivity contribution is -0.143. The van der Waals surface area contributed by atoms with Crippen molar-refractivity contribution in [2.24, 2.45) is 0 Å². The van der Waals surface area contributed by atoms with Gasteiger partial charge in [-0.15, -0.1) is 0 Å². The lowest BCUT2D eigenvalue weighted by Gasteiger charge is -2.57. The number of ether oxygens (including phenoxy) is 2. The Hall–Kier alpha value is -0.712. The van der Waals surface area contributed by atoms with Gasteiger partial charge in [-0.3, -0.25) is 0 Å². The zero-order valence-corrected chi connectivity index (χ0v) is 26.0. The predicted octanol–water partition coefficient (Wildman–Crippen LogP) is 6.53. The summed E-state index contributed by atoms with van der Waals surface area (Å²) in [5.41, 5.74) is 0.456. The zero-order chi connectivity index (χ0) is 24.8. The van der Waals surface area contributed by atoms with Crippen LogP contribution in [-0.2, 0) is 19.1 Å². The fourth-order valence-electron chi connectivity index (χ4n) is 3.98. The van der Waals surface area contributed by atoms with E-state index in [0.29, 0.717) is 11.8 Å². The monoisotopic (exact) mass is 488 g/mol. The summed E-state index contributed by atoms with van der Waals surface area (Å²) in [6, 6.07) is 0. The van der Waals surface area contributed by atoms with Gasteiger partial charge in [0.25, 0.3) is 0 Å². The summed E-state index contributed by atoms with van der Waals surface area (Å²) in [7, 11) is -6.10. The average molecular weight is 489 g/mol. The summed E-state index contributed by atoms with van der Waals surface area (Å²) in [5.74, 6) is -0.567. The Morgan fingerprint density at radius 1 is 0.800 bits per heavy atom. The van der Waals surface area contributed by atoms with E-state index in [1.54, 1.807) is 0 Å². The first kappa shape index (κ1) is 31.5. The van der Waals surface area contributed by atoms with Crippen molar-refractivity contribution in [3.05, 3.63) is 25.3 Å². The second-order valence-electron chi connectivity index (χ2n) is 12.3. The molecule has 0 radical (unpaired) electrons. The second-order valence-corrected chi connectivity index (χ2v) is 34.3. The Kier molecular flexibility index (Phi) is 11.8. The van der Waals surface area contributed by atoms with E-state index >= 15 is 0 Å². The van der Waals surface area contributed by atoms with E-state index in [9.17, 15) is 9.59 Å². The van der Waals surface area contributed by atoms with Gasteiger partial charge < -0.3 is 9.47 Å². The number of esters is 2. The van der Waals surface area contributed by atoms with Crippen LogP contribution in [0.4, 0.5) is 0 Å². The third-order valence-corrected chi connectivity index (χ3v) is 20.0. The molecule has 1 atom stereocenters. The first-order valence-electron chi connectivity index (χ1n) is 10.7. The standard InChI is InChI=1S/C15H34O2Si3.C7H14O2Si/c1-12-14(16)17-15(19(6,7)8,20(9,10)11)13(2)18(3,4)5;1-5-7(8)9-6-10(2,3)4/h12-13H,1H2,2-11H3;5H,1,6H2,2-4H3. The molecule has 0 saturated carbocycles. The lowest BCUT2D eigenvalue weighted by atomic mass is 10.5. The van der Waals surface area contributed by atoms with E-state index in [0.717, 1.165) is 0 Å². The van der Waals surface area contributed by atoms with Crippen LogP contribution in [0.3, 0.4) is 0 Å². The molecule has 0 aliphatic carbocycles. The van der Waals surface area contributed by atoms with Gasteiger partial charge in [-0.2, -0.15) is 0 Å². The van der Waals surface area contributed by atoms with E-state index in [1.807, 2.05) is 0 Å². The molecule has 8 heteroatoms. The highest BCUT2D eigenvalue weighted by Crippen LogP contribution is 2.48. The van der Waals surface area contributed by atoms with E-state index in [4.69, 9.17) is 9.47 Å². The van der Waals surface area contributed by atoms with Crippen molar-refractivity contribution in [1.29, 1.82) is 0 Å². The fraction of sp³-hybridized carbons (Fsp3) is 0.727. The summed E-state index contributed by atoms with van der Waals surface area (Å²) in [6.07, 6.45) is 3.10. The summed E-state index contributed by atoms with van der Waals surface area (Å²) in [5, 5.41) is 0. The predicted molar refractivity (Wildman–Crippen MR) is 143 cm³/mol. The number of hydrogen-bond acceptors (Lipinski definition) is 4. The van der Waals surface area contributed by atoms with Crippen LogP contribution in [0.5, 0.6) is 0 Å². The van der Waals surface area contributed by atoms with Gasteiger partial charge in [0.1, 0.15) is 0 Å². The number of rotatable bonds is 9.